The topological polar surface area (TPSA) is 85.3 Å². The fraction of sp³-hybridized carbons (Fsp3) is 0.407. The number of aliphatic hydroxyl groups is 1. The Hall–Kier alpha value is -3.48. The highest BCUT2D eigenvalue weighted by molar-refractivity contribution is 6.46. The number of nitrogens with zero attached hydrogens (tertiary/aromatic N) is 1. The van der Waals surface area contributed by atoms with Crippen LogP contribution < -0.4 is 14.2 Å². The molecule has 0 bridgehead atoms. The van der Waals surface area contributed by atoms with Crippen LogP contribution in [0, 0.1) is 0 Å². The molecule has 180 valence electrons. The van der Waals surface area contributed by atoms with Gasteiger partial charge in [0, 0.05) is 12.1 Å². The lowest BCUT2D eigenvalue weighted by Crippen LogP contribution is -2.30. The predicted molar refractivity (Wildman–Crippen MR) is 128 cm³/mol. The second-order valence-corrected chi connectivity index (χ2v) is 8.79. The lowest BCUT2D eigenvalue weighted by atomic mass is 9.95. The molecule has 0 spiro atoms. The number of fused-ring (bicyclic) bond motifs is 1. The molecule has 7 heteroatoms. The summed E-state index contributed by atoms with van der Waals surface area (Å²) in [7, 11) is 0. The van der Waals surface area contributed by atoms with Gasteiger partial charge in [-0.2, -0.15) is 0 Å². The van der Waals surface area contributed by atoms with Crippen molar-refractivity contribution in [3.05, 3.63) is 59.2 Å². The molecular weight excluding hydrogens is 434 g/mol. The first kappa shape index (κ1) is 23.7. The van der Waals surface area contributed by atoms with Gasteiger partial charge in [-0.1, -0.05) is 31.9 Å². The normalized spacial score (nSPS) is 19.1. The van der Waals surface area contributed by atoms with E-state index in [1.807, 2.05) is 38.1 Å². The molecule has 2 aromatic rings. The van der Waals surface area contributed by atoms with E-state index in [0.29, 0.717) is 42.6 Å². The molecule has 1 fully saturated rings. The van der Waals surface area contributed by atoms with Gasteiger partial charge in [0.1, 0.15) is 24.7 Å². The first-order valence-electron chi connectivity index (χ1n) is 11.9. The van der Waals surface area contributed by atoms with E-state index in [9.17, 15) is 14.7 Å². The number of aliphatic hydroxyl groups excluding tert-OH is 1. The van der Waals surface area contributed by atoms with Crippen LogP contribution in [0.25, 0.3) is 5.76 Å². The molecule has 2 heterocycles. The standard InChI is InChI=1S/C27H31NO6/c1-4-5-6-13-28-24(18-7-10-20(11-8-18)34-17(2)3)23(26(30)27(28)31)25(29)19-9-12-21-22(16-19)33-15-14-32-21/h7-12,16-17,24,29H,4-6,13-15H2,1-3H3/b25-23-. The predicted octanol–water partition coefficient (Wildman–Crippen LogP) is 4.86. The van der Waals surface area contributed by atoms with Gasteiger partial charge in [-0.25, -0.2) is 0 Å². The van der Waals surface area contributed by atoms with E-state index in [0.717, 1.165) is 24.8 Å². The van der Waals surface area contributed by atoms with Gasteiger partial charge < -0.3 is 24.2 Å². The number of unbranched alkanes of at least 4 members (excludes halogenated alkanes) is 2. The Morgan fingerprint density at radius 3 is 2.44 bits per heavy atom. The molecule has 1 atom stereocenters. The first-order chi connectivity index (χ1) is 16.4. The Bertz CT molecular complexity index is 1090. The van der Waals surface area contributed by atoms with Crippen molar-refractivity contribution < 1.29 is 28.9 Å². The fourth-order valence-electron chi connectivity index (χ4n) is 4.34. The van der Waals surface area contributed by atoms with Crippen LogP contribution in [0.15, 0.2) is 48.0 Å². The number of carbonyl (C=O) groups excluding carboxylic acids is 2. The van der Waals surface area contributed by atoms with E-state index in [1.165, 1.54) is 0 Å². The van der Waals surface area contributed by atoms with Crippen molar-refractivity contribution in [1.29, 1.82) is 0 Å². The Labute approximate surface area is 199 Å². The SMILES string of the molecule is CCCCCN1C(=O)C(=O)/C(=C(\O)c2ccc3c(c2)OCCO3)C1c1ccc(OC(C)C)cc1. The number of rotatable bonds is 8. The second kappa shape index (κ2) is 10.2. The smallest absolute Gasteiger partial charge is 0.295 e. The average Bonchev–Trinajstić information content (AvgIpc) is 3.08. The molecule has 1 amide bonds. The van der Waals surface area contributed by atoms with Gasteiger partial charge in [0.15, 0.2) is 11.5 Å². The van der Waals surface area contributed by atoms with Crippen molar-refractivity contribution in [2.24, 2.45) is 0 Å². The molecule has 0 aromatic heterocycles. The van der Waals surface area contributed by atoms with Crippen LogP contribution in [0.1, 0.15) is 57.2 Å². The van der Waals surface area contributed by atoms with Crippen molar-refractivity contribution >= 4 is 17.4 Å². The van der Waals surface area contributed by atoms with Crippen molar-refractivity contribution in [2.75, 3.05) is 19.8 Å². The maximum absolute atomic E-state index is 13.2. The van der Waals surface area contributed by atoms with Gasteiger partial charge in [-0.05, 0) is 56.2 Å². The third kappa shape index (κ3) is 4.74. The summed E-state index contributed by atoms with van der Waals surface area (Å²) >= 11 is 0. The summed E-state index contributed by atoms with van der Waals surface area (Å²) in [4.78, 5) is 27.8. The Morgan fingerprint density at radius 2 is 1.76 bits per heavy atom. The van der Waals surface area contributed by atoms with Crippen molar-refractivity contribution in [1.82, 2.24) is 4.90 Å². The average molecular weight is 466 g/mol. The molecule has 0 aliphatic carbocycles. The lowest BCUT2D eigenvalue weighted by molar-refractivity contribution is -0.139. The maximum Gasteiger partial charge on any atom is 0.295 e. The van der Waals surface area contributed by atoms with Gasteiger partial charge in [-0.3, -0.25) is 9.59 Å². The molecule has 4 rings (SSSR count). The minimum absolute atomic E-state index is 0.0285. The Balaban J connectivity index is 1.76. The van der Waals surface area contributed by atoms with Crippen LogP contribution in [0.5, 0.6) is 17.2 Å². The van der Waals surface area contributed by atoms with Gasteiger partial charge in [-0.15, -0.1) is 0 Å². The van der Waals surface area contributed by atoms with E-state index in [-0.39, 0.29) is 17.4 Å². The van der Waals surface area contributed by atoms with Crippen LogP contribution in [0.3, 0.4) is 0 Å². The number of ketones is 1. The molecular formula is C27H31NO6. The zero-order valence-corrected chi connectivity index (χ0v) is 19.9. The van der Waals surface area contributed by atoms with Crippen LogP contribution >= 0.6 is 0 Å². The maximum atomic E-state index is 13.2. The number of ether oxygens (including phenoxy) is 3. The van der Waals surface area contributed by atoms with Gasteiger partial charge in [0.25, 0.3) is 11.7 Å². The quantitative estimate of drug-likeness (QED) is 0.259. The van der Waals surface area contributed by atoms with Crippen molar-refractivity contribution in [3.63, 3.8) is 0 Å². The second-order valence-electron chi connectivity index (χ2n) is 8.79. The van der Waals surface area contributed by atoms with Crippen molar-refractivity contribution in [3.8, 4) is 17.2 Å². The third-order valence-electron chi connectivity index (χ3n) is 5.93. The van der Waals surface area contributed by atoms with Crippen molar-refractivity contribution in [2.45, 2.75) is 52.2 Å². The summed E-state index contributed by atoms with van der Waals surface area (Å²) in [5.74, 6) is 0.285. The first-order valence-corrected chi connectivity index (χ1v) is 11.9. The summed E-state index contributed by atoms with van der Waals surface area (Å²) in [6.45, 7) is 7.28. The number of hydrogen-bond acceptors (Lipinski definition) is 6. The molecule has 2 aliphatic heterocycles. The molecule has 0 saturated carbocycles. The summed E-state index contributed by atoms with van der Waals surface area (Å²) in [5.41, 5.74) is 1.22. The summed E-state index contributed by atoms with van der Waals surface area (Å²) in [6, 6.07) is 11.7. The number of benzene rings is 2. The Kier molecular flexibility index (Phi) is 7.10. The number of hydrogen-bond donors (Lipinski definition) is 1. The number of carbonyl (C=O) groups is 2. The molecule has 0 radical (unpaired) electrons. The highest BCUT2D eigenvalue weighted by Crippen LogP contribution is 2.41. The Morgan fingerprint density at radius 1 is 1.06 bits per heavy atom. The van der Waals surface area contributed by atoms with E-state index < -0.39 is 17.7 Å². The molecule has 7 nitrogen and oxygen atoms in total. The minimum Gasteiger partial charge on any atom is -0.507 e. The van der Waals surface area contributed by atoms with Crippen LogP contribution in [0.4, 0.5) is 0 Å². The van der Waals surface area contributed by atoms with Gasteiger partial charge >= 0.3 is 0 Å². The molecule has 1 N–H and O–H groups in total. The summed E-state index contributed by atoms with van der Waals surface area (Å²) in [5, 5.41) is 11.3. The number of amides is 1. The molecule has 34 heavy (non-hydrogen) atoms. The zero-order chi connectivity index (χ0) is 24.2. The van der Waals surface area contributed by atoms with Crippen LogP contribution in [0.2, 0.25) is 0 Å². The molecule has 2 aromatic carbocycles. The lowest BCUT2D eigenvalue weighted by Gasteiger charge is -2.26. The molecule has 1 unspecified atom stereocenters. The zero-order valence-electron chi connectivity index (χ0n) is 19.9. The fourth-order valence-corrected chi connectivity index (χ4v) is 4.34. The highest BCUT2D eigenvalue weighted by Gasteiger charge is 2.45. The van der Waals surface area contributed by atoms with Gasteiger partial charge in [0.2, 0.25) is 0 Å². The molecule has 2 aliphatic rings. The highest BCUT2D eigenvalue weighted by atomic mass is 16.6. The van der Waals surface area contributed by atoms with E-state index >= 15 is 0 Å². The summed E-state index contributed by atoms with van der Waals surface area (Å²) in [6.07, 6.45) is 2.74. The monoisotopic (exact) mass is 465 g/mol. The largest absolute Gasteiger partial charge is 0.507 e. The van der Waals surface area contributed by atoms with E-state index in [2.05, 4.69) is 6.92 Å². The van der Waals surface area contributed by atoms with Crippen LogP contribution in [-0.4, -0.2) is 47.6 Å². The number of Topliss-reactive ketones (excluding diaryl/α,β-unsaturated/α-hetero) is 1. The van der Waals surface area contributed by atoms with Crippen LogP contribution in [-0.2, 0) is 9.59 Å². The molecule has 1 saturated heterocycles. The minimum atomic E-state index is -0.684. The van der Waals surface area contributed by atoms with E-state index in [1.54, 1.807) is 23.1 Å². The van der Waals surface area contributed by atoms with Gasteiger partial charge in [0.05, 0.1) is 17.7 Å². The number of likely N-dealkylation sites (tertiary alicyclic amines) is 1. The summed E-state index contributed by atoms with van der Waals surface area (Å²) < 4.78 is 16.9. The third-order valence-corrected chi connectivity index (χ3v) is 5.93. The van der Waals surface area contributed by atoms with E-state index in [4.69, 9.17) is 14.2 Å².